The van der Waals surface area contributed by atoms with E-state index in [4.69, 9.17) is 14.9 Å². The number of hydrogen-bond acceptors (Lipinski definition) is 7. The summed E-state index contributed by atoms with van der Waals surface area (Å²) in [6.07, 6.45) is 0.494. The van der Waals surface area contributed by atoms with Crippen LogP contribution in [-0.4, -0.2) is 34.6 Å². The van der Waals surface area contributed by atoms with Gasteiger partial charge in [0.15, 0.2) is 12.3 Å². The molecule has 0 aliphatic rings. The molecule has 1 amide bonds. The van der Waals surface area contributed by atoms with Crippen LogP contribution in [0.4, 0.5) is 11.5 Å². The lowest BCUT2D eigenvalue weighted by molar-refractivity contribution is -0.121. The molecule has 2 aromatic heterocycles. The number of H-pyrrole nitrogens is 1. The summed E-state index contributed by atoms with van der Waals surface area (Å²) in [6.45, 7) is 3.09. The average molecular weight is 440 g/mol. The number of carbonyl (C=O) groups is 2. The zero-order chi connectivity index (χ0) is 23.3. The number of nitrogens with two attached hydrogens (primary N) is 1. The van der Waals surface area contributed by atoms with Gasteiger partial charge in [0, 0.05) is 6.54 Å². The molecule has 1 aromatic carbocycles. The standard InChI is InChI=1S/C22H24N4O6/c1-3-11-25(17(27)13-31-21(29)16-10-9-14(2)32-16)18-19(23)26(22(30)24-20(18)28)12-15-7-5-4-6-8-15/h4-10H,3,11-13,23H2,1-2H3,(H,24,28,30). The highest BCUT2D eigenvalue weighted by molar-refractivity contribution is 5.98. The van der Waals surface area contributed by atoms with Gasteiger partial charge in [-0.2, -0.15) is 0 Å². The predicted molar refractivity (Wildman–Crippen MR) is 118 cm³/mol. The Morgan fingerprint density at radius 2 is 1.88 bits per heavy atom. The number of aromatic nitrogens is 2. The molecule has 0 radical (unpaired) electrons. The minimum absolute atomic E-state index is 0.0360. The van der Waals surface area contributed by atoms with Crippen LogP contribution >= 0.6 is 0 Å². The Kier molecular flexibility index (Phi) is 6.93. The number of ether oxygens (including phenoxy) is 1. The molecule has 2 heterocycles. The van der Waals surface area contributed by atoms with Crippen molar-refractivity contribution in [1.82, 2.24) is 9.55 Å². The molecule has 0 aliphatic heterocycles. The van der Waals surface area contributed by atoms with Crippen molar-refractivity contribution in [1.29, 1.82) is 0 Å². The van der Waals surface area contributed by atoms with Gasteiger partial charge in [0.05, 0.1) is 6.54 Å². The Labute approximate surface area is 183 Å². The molecule has 0 spiro atoms. The van der Waals surface area contributed by atoms with Gasteiger partial charge in [-0.3, -0.25) is 19.1 Å². The highest BCUT2D eigenvalue weighted by Crippen LogP contribution is 2.19. The third kappa shape index (κ3) is 4.97. The van der Waals surface area contributed by atoms with Gasteiger partial charge in [0.1, 0.15) is 11.6 Å². The summed E-state index contributed by atoms with van der Waals surface area (Å²) < 4.78 is 11.4. The van der Waals surface area contributed by atoms with Crippen LogP contribution in [0.15, 0.2) is 56.5 Å². The molecule has 3 aromatic rings. The number of amides is 1. The third-order valence-electron chi connectivity index (χ3n) is 4.68. The van der Waals surface area contributed by atoms with Crippen molar-refractivity contribution in [2.75, 3.05) is 23.8 Å². The first-order valence-electron chi connectivity index (χ1n) is 10.0. The van der Waals surface area contributed by atoms with E-state index in [1.807, 2.05) is 25.1 Å². The smallest absolute Gasteiger partial charge is 0.374 e. The maximum Gasteiger partial charge on any atom is 0.374 e. The number of rotatable bonds is 8. The highest BCUT2D eigenvalue weighted by atomic mass is 16.5. The third-order valence-corrected chi connectivity index (χ3v) is 4.68. The Bertz CT molecular complexity index is 1230. The van der Waals surface area contributed by atoms with Gasteiger partial charge in [-0.15, -0.1) is 0 Å². The molecule has 0 atom stereocenters. The topological polar surface area (TPSA) is 141 Å². The monoisotopic (exact) mass is 440 g/mol. The summed E-state index contributed by atoms with van der Waals surface area (Å²) in [5.74, 6) is -1.14. The van der Waals surface area contributed by atoms with Crippen molar-refractivity contribution in [2.45, 2.75) is 26.8 Å². The average Bonchev–Trinajstić information content (AvgIpc) is 3.21. The SMILES string of the molecule is CCCN(C(=O)COC(=O)c1ccc(C)o1)c1c(N)n(Cc2ccccc2)c(=O)[nH]c1=O. The summed E-state index contributed by atoms with van der Waals surface area (Å²) in [5, 5.41) is 0. The summed E-state index contributed by atoms with van der Waals surface area (Å²) in [6, 6.07) is 12.1. The second-order valence-electron chi connectivity index (χ2n) is 7.10. The van der Waals surface area contributed by atoms with Crippen LogP contribution in [0.5, 0.6) is 0 Å². The molecule has 10 nitrogen and oxygen atoms in total. The lowest BCUT2D eigenvalue weighted by atomic mass is 10.2. The summed E-state index contributed by atoms with van der Waals surface area (Å²) in [5.41, 5.74) is 5.31. The first-order valence-corrected chi connectivity index (χ1v) is 10.0. The molecule has 3 rings (SSSR count). The fourth-order valence-electron chi connectivity index (χ4n) is 3.17. The van der Waals surface area contributed by atoms with Crippen molar-refractivity contribution in [3.05, 3.63) is 80.4 Å². The Hall–Kier alpha value is -4.08. The van der Waals surface area contributed by atoms with Gasteiger partial charge in [-0.05, 0) is 31.0 Å². The zero-order valence-electron chi connectivity index (χ0n) is 17.8. The molecule has 0 aliphatic carbocycles. The molecule has 0 saturated carbocycles. The summed E-state index contributed by atoms with van der Waals surface area (Å²) in [4.78, 5) is 53.2. The number of hydrogen-bond donors (Lipinski definition) is 2. The normalized spacial score (nSPS) is 10.7. The summed E-state index contributed by atoms with van der Waals surface area (Å²) >= 11 is 0. The number of anilines is 2. The zero-order valence-corrected chi connectivity index (χ0v) is 17.8. The van der Waals surface area contributed by atoms with E-state index in [2.05, 4.69) is 4.98 Å². The van der Waals surface area contributed by atoms with E-state index in [9.17, 15) is 19.2 Å². The first-order chi connectivity index (χ1) is 15.3. The Morgan fingerprint density at radius 3 is 2.50 bits per heavy atom. The fourth-order valence-corrected chi connectivity index (χ4v) is 3.17. The minimum atomic E-state index is -0.807. The van der Waals surface area contributed by atoms with E-state index in [0.717, 1.165) is 10.5 Å². The number of furan rings is 1. The van der Waals surface area contributed by atoms with Gasteiger partial charge in [-0.25, -0.2) is 9.59 Å². The van der Waals surface area contributed by atoms with Crippen LogP contribution in [0.1, 0.15) is 35.2 Å². The van der Waals surface area contributed by atoms with Crippen molar-refractivity contribution < 1.29 is 18.7 Å². The molecular weight excluding hydrogens is 416 g/mol. The number of aromatic amines is 1. The molecule has 168 valence electrons. The number of aryl methyl sites for hydroxylation is 1. The quantitative estimate of drug-likeness (QED) is 0.508. The minimum Gasteiger partial charge on any atom is -0.454 e. The fraction of sp³-hybridized carbons (Fsp3) is 0.273. The van der Waals surface area contributed by atoms with Crippen molar-refractivity contribution in [2.24, 2.45) is 0 Å². The van der Waals surface area contributed by atoms with Crippen LogP contribution in [0.3, 0.4) is 0 Å². The van der Waals surface area contributed by atoms with Crippen molar-refractivity contribution in [3.8, 4) is 0 Å². The van der Waals surface area contributed by atoms with E-state index in [1.165, 1.54) is 10.6 Å². The predicted octanol–water partition coefficient (Wildman–Crippen LogP) is 1.67. The lowest BCUT2D eigenvalue weighted by Crippen LogP contribution is -2.43. The van der Waals surface area contributed by atoms with E-state index in [1.54, 1.807) is 25.1 Å². The molecule has 0 bridgehead atoms. The second kappa shape index (κ2) is 9.82. The number of nitrogens with zero attached hydrogens (tertiary/aromatic N) is 2. The largest absolute Gasteiger partial charge is 0.454 e. The lowest BCUT2D eigenvalue weighted by Gasteiger charge is -2.24. The Balaban J connectivity index is 1.88. The molecule has 0 saturated heterocycles. The van der Waals surface area contributed by atoms with Crippen LogP contribution in [-0.2, 0) is 16.1 Å². The molecule has 0 unspecified atom stereocenters. The van der Waals surface area contributed by atoms with Gasteiger partial charge in [0.2, 0.25) is 5.76 Å². The maximum atomic E-state index is 12.9. The molecule has 10 heteroatoms. The van der Waals surface area contributed by atoms with E-state index in [-0.39, 0.29) is 30.4 Å². The highest BCUT2D eigenvalue weighted by Gasteiger charge is 2.25. The van der Waals surface area contributed by atoms with E-state index < -0.39 is 29.7 Å². The summed E-state index contributed by atoms with van der Waals surface area (Å²) in [7, 11) is 0. The number of esters is 1. The van der Waals surface area contributed by atoms with Gasteiger partial charge < -0.3 is 19.8 Å². The second-order valence-corrected chi connectivity index (χ2v) is 7.10. The van der Waals surface area contributed by atoms with Gasteiger partial charge in [0.25, 0.3) is 11.5 Å². The van der Waals surface area contributed by atoms with E-state index in [0.29, 0.717) is 12.2 Å². The molecule has 3 N–H and O–H groups in total. The number of benzene rings is 1. The Morgan fingerprint density at radius 1 is 1.16 bits per heavy atom. The first kappa shape index (κ1) is 22.6. The van der Waals surface area contributed by atoms with Crippen molar-refractivity contribution in [3.63, 3.8) is 0 Å². The molecular formula is C22H24N4O6. The molecule has 0 fully saturated rings. The van der Waals surface area contributed by atoms with Gasteiger partial charge >= 0.3 is 11.7 Å². The molecule has 32 heavy (non-hydrogen) atoms. The van der Waals surface area contributed by atoms with Crippen LogP contribution in [0, 0.1) is 6.92 Å². The van der Waals surface area contributed by atoms with E-state index >= 15 is 0 Å². The van der Waals surface area contributed by atoms with Crippen LogP contribution in [0.2, 0.25) is 0 Å². The van der Waals surface area contributed by atoms with Crippen LogP contribution in [0.25, 0.3) is 0 Å². The van der Waals surface area contributed by atoms with Crippen molar-refractivity contribution >= 4 is 23.4 Å². The number of carbonyl (C=O) groups excluding carboxylic acids is 2. The number of nitrogen functional groups attached to an aromatic ring is 1. The van der Waals surface area contributed by atoms with Gasteiger partial charge in [-0.1, -0.05) is 37.3 Å². The van der Waals surface area contributed by atoms with Crippen LogP contribution < -0.4 is 21.9 Å². The number of nitrogens with one attached hydrogen (secondary N) is 1. The maximum absolute atomic E-state index is 12.9.